The highest BCUT2D eigenvalue weighted by Crippen LogP contribution is 2.12. The first kappa shape index (κ1) is 21.7. The second kappa shape index (κ2) is 11.3. The van der Waals surface area contributed by atoms with Crippen LogP contribution in [0.25, 0.3) is 6.08 Å². The number of rotatable bonds is 9. The van der Waals surface area contributed by atoms with Gasteiger partial charge in [0.2, 0.25) is 5.91 Å². The zero-order valence-electron chi connectivity index (χ0n) is 16.3. The van der Waals surface area contributed by atoms with Crippen molar-refractivity contribution in [3.8, 4) is 0 Å². The van der Waals surface area contributed by atoms with Gasteiger partial charge in [0.25, 0.3) is 5.91 Å². The van der Waals surface area contributed by atoms with Crippen molar-refractivity contribution < 1.29 is 9.59 Å². The number of aromatic nitrogens is 1. The summed E-state index contributed by atoms with van der Waals surface area (Å²) in [4.78, 5) is 28.5. The molecule has 154 valence electrons. The highest BCUT2D eigenvalue weighted by molar-refractivity contribution is 7.09. The molecular formula is C23H22ClN3O2S. The van der Waals surface area contributed by atoms with Crippen molar-refractivity contribution in [1.82, 2.24) is 15.6 Å². The lowest BCUT2D eigenvalue weighted by Crippen LogP contribution is -2.26. The van der Waals surface area contributed by atoms with Crippen molar-refractivity contribution >= 4 is 40.8 Å². The number of benzene rings is 2. The number of halogens is 1. The number of nitrogens with zero attached hydrogens (tertiary/aromatic N) is 1. The van der Waals surface area contributed by atoms with E-state index in [2.05, 4.69) is 15.6 Å². The Balaban J connectivity index is 1.39. The summed E-state index contributed by atoms with van der Waals surface area (Å²) in [5.74, 6) is -0.318. The maximum atomic E-state index is 12.2. The molecule has 0 fully saturated rings. The Bertz CT molecular complexity index is 1020. The van der Waals surface area contributed by atoms with Crippen LogP contribution in [-0.4, -0.2) is 23.3 Å². The molecule has 0 radical (unpaired) electrons. The first-order valence-corrected chi connectivity index (χ1v) is 10.8. The maximum Gasteiger partial charge on any atom is 0.270 e. The first-order valence-electron chi connectivity index (χ1n) is 9.55. The average molecular weight is 440 g/mol. The van der Waals surface area contributed by atoms with Crippen molar-refractivity contribution in [3.05, 3.63) is 92.9 Å². The van der Waals surface area contributed by atoms with E-state index in [1.165, 1.54) is 11.3 Å². The van der Waals surface area contributed by atoms with Gasteiger partial charge in [0.1, 0.15) is 10.7 Å². The highest BCUT2D eigenvalue weighted by atomic mass is 35.5. The zero-order chi connectivity index (χ0) is 21.2. The summed E-state index contributed by atoms with van der Waals surface area (Å²) in [5.41, 5.74) is 2.47. The van der Waals surface area contributed by atoms with Crippen LogP contribution in [-0.2, 0) is 17.8 Å². The molecule has 0 aliphatic carbocycles. The molecule has 0 aliphatic rings. The van der Waals surface area contributed by atoms with Crippen LogP contribution in [0, 0.1) is 0 Å². The van der Waals surface area contributed by atoms with E-state index in [1.54, 1.807) is 5.38 Å². The van der Waals surface area contributed by atoms with Gasteiger partial charge in [-0.1, -0.05) is 66.2 Å². The van der Waals surface area contributed by atoms with Crippen molar-refractivity contribution in [2.45, 2.75) is 19.4 Å². The molecule has 7 heteroatoms. The molecule has 30 heavy (non-hydrogen) atoms. The number of hydrogen-bond donors (Lipinski definition) is 2. The topological polar surface area (TPSA) is 71.1 Å². The quantitative estimate of drug-likeness (QED) is 0.516. The fraction of sp³-hybridized carbons (Fsp3) is 0.174. The van der Waals surface area contributed by atoms with E-state index >= 15 is 0 Å². The first-order chi connectivity index (χ1) is 14.6. The summed E-state index contributed by atoms with van der Waals surface area (Å²) < 4.78 is 0. The molecule has 0 unspecified atom stereocenters. The molecule has 1 aromatic heterocycles. The number of thiazole rings is 1. The number of carbonyl (C=O) groups is 2. The van der Waals surface area contributed by atoms with Crippen molar-refractivity contribution in [3.63, 3.8) is 0 Å². The number of nitrogens with one attached hydrogen (secondary N) is 2. The summed E-state index contributed by atoms with van der Waals surface area (Å²) in [6, 6.07) is 17.4. The van der Waals surface area contributed by atoms with E-state index in [1.807, 2.05) is 66.7 Å². The summed E-state index contributed by atoms with van der Waals surface area (Å²) in [7, 11) is 0. The van der Waals surface area contributed by atoms with Gasteiger partial charge < -0.3 is 10.6 Å². The Hall–Kier alpha value is -2.96. The second-order valence-electron chi connectivity index (χ2n) is 6.56. The van der Waals surface area contributed by atoms with Gasteiger partial charge in [0.05, 0.1) is 6.54 Å². The van der Waals surface area contributed by atoms with E-state index in [0.29, 0.717) is 35.2 Å². The minimum Gasteiger partial charge on any atom is -0.350 e. The molecule has 3 aromatic rings. The van der Waals surface area contributed by atoms with Gasteiger partial charge in [-0.05, 0) is 29.7 Å². The third-order valence-corrected chi connectivity index (χ3v) is 5.31. The summed E-state index contributed by atoms with van der Waals surface area (Å²) >= 11 is 7.31. The van der Waals surface area contributed by atoms with Crippen LogP contribution < -0.4 is 10.6 Å². The van der Waals surface area contributed by atoms with Crippen molar-refractivity contribution in [2.24, 2.45) is 0 Å². The molecule has 0 saturated heterocycles. The molecule has 0 spiro atoms. The summed E-state index contributed by atoms with van der Waals surface area (Å²) in [6.07, 6.45) is 4.72. The van der Waals surface area contributed by atoms with Gasteiger partial charge in [0, 0.05) is 23.4 Å². The van der Waals surface area contributed by atoms with Gasteiger partial charge in [-0.15, -0.1) is 11.3 Å². The third kappa shape index (κ3) is 7.13. The molecule has 1 heterocycles. The van der Waals surface area contributed by atoms with Crippen LogP contribution in [0.3, 0.4) is 0 Å². The SMILES string of the molecule is O=C(C/C=C/c1ccccc1)NCc1nc(C(=O)NCCc2cccc(Cl)c2)cs1. The van der Waals surface area contributed by atoms with Gasteiger partial charge in [0.15, 0.2) is 0 Å². The number of hydrogen-bond acceptors (Lipinski definition) is 4. The van der Waals surface area contributed by atoms with Crippen LogP contribution >= 0.6 is 22.9 Å². The molecule has 0 aliphatic heterocycles. The number of carbonyl (C=O) groups excluding carboxylic acids is 2. The standard InChI is InChI=1S/C23H22ClN3O2S/c24-19-10-4-9-18(14-19)12-13-25-23(29)20-16-30-22(27-20)15-26-21(28)11-5-8-17-6-2-1-3-7-17/h1-10,14,16H,11-13,15H2,(H,25,29)(H,26,28)/b8-5+. The fourth-order valence-corrected chi connectivity index (χ4v) is 3.64. The normalized spacial score (nSPS) is 10.8. The highest BCUT2D eigenvalue weighted by Gasteiger charge is 2.11. The van der Waals surface area contributed by atoms with Crippen LogP contribution in [0.15, 0.2) is 66.1 Å². The predicted molar refractivity (Wildman–Crippen MR) is 122 cm³/mol. The van der Waals surface area contributed by atoms with Crippen molar-refractivity contribution in [1.29, 1.82) is 0 Å². The van der Waals surface area contributed by atoms with Gasteiger partial charge in [-0.25, -0.2) is 4.98 Å². The molecule has 3 rings (SSSR count). The van der Waals surface area contributed by atoms with Crippen LogP contribution in [0.4, 0.5) is 0 Å². The Kier molecular flexibility index (Phi) is 8.18. The largest absolute Gasteiger partial charge is 0.350 e. The predicted octanol–water partition coefficient (Wildman–Crippen LogP) is 4.49. The van der Waals surface area contributed by atoms with Gasteiger partial charge in [-0.3, -0.25) is 9.59 Å². The van der Waals surface area contributed by atoms with Gasteiger partial charge in [-0.2, -0.15) is 0 Å². The van der Waals surface area contributed by atoms with E-state index in [0.717, 1.165) is 11.1 Å². The van der Waals surface area contributed by atoms with E-state index < -0.39 is 0 Å². The minimum absolute atomic E-state index is 0.0927. The zero-order valence-corrected chi connectivity index (χ0v) is 17.9. The summed E-state index contributed by atoms with van der Waals surface area (Å²) in [5, 5.41) is 8.75. The van der Waals surface area contributed by atoms with Crippen LogP contribution in [0.2, 0.25) is 5.02 Å². The lowest BCUT2D eigenvalue weighted by Gasteiger charge is -2.04. The Labute approximate surface area is 184 Å². The monoisotopic (exact) mass is 439 g/mol. The van der Waals surface area contributed by atoms with E-state index in [4.69, 9.17) is 11.6 Å². The average Bonchev–Trinajstić information content (AvgIpc) is 3.22. The van der Waals surface area contributed by atoms with E-state index in [-0.39, 0.29) is 18.2 Å². The molecule has 2 aromatic carbocycles. The molecular weight excluding hydrogens is 418 g/mol. The molecule has 2 N–H and O–H groups in total. The Morgan fingerprint density at radius 3 is 2.70 bits per heavy atom. The third-order valence-electron chi connectivity index (χ3n) is 4.22. The Morgan fingerprint density at radius 2 is 1.90 bits per heavy atom. The number of amides is 2. The maximum absolute atomic E-state index is 12.2. The van der Waals surface area contributed by atoms with Gasteiger partial charge >= 0.3 is 0 Å². The van der Waals surface area contributed by atoms with E-state index in [9.17, 15) is 9.59 Å². The molecule has 0 bridgehead atoms. The molecule has 5 nitrogen and oxygen atoms in total. The lowest BCUT2D eigenvalue weighted by atomic mass is 10.1. The van der Waals surface area contributed by atoms with Crippen LogP contribution in [0.1, 0.15) is 33.0 Å². The fourth-order valence-electron chi connectivity index (χ4n) is 2.71. The second-order valence-corrected chi connectivity index (χ2v) is 7.94. The molecule has 2 amide bonds. The summed E-state index contributed by atoms with van der Waals surface area (Å²) in [6.45, 7) is 0.801. The molecule has 0 saturated carbocycles. The van der Waals surface area contributed by atoms with Crippen LogP contribution in [0.5, 0.6) is 0 Å². The van der Waals surface area contributed by atoms with Crippen molar-refractivity contribution in [2.75, 3.05) is 6.54 Å². The molecule has 0 atom stereocenters. The Morgan fingerprint density at radius 1 is 1.07 bits per heavy atom. The minimum atomic E-state index is -0.225. The lowest BCUT2D eigenvalue weighted by molar-refractivity contribution is -0.120. The smallest absolute Gasteiger partial charge is 0.270 e.